The van der Waals surface area contributed by atoms with Gasteiger partial charge in [0.25, 0.3) is 11.1 Å². The Morgan fingerprint density at radius 2 is 0.568 bits per heavy atom. The first-order valence-electron chi connectivity index (χ1n) is 40.1. The van der Waals surface area contributed by atoms with Crippen molar-refractivity contribution in [3.63, 3.8) is 0 Å². The molecule has 21 aromatic rings. The van der Waals surface area contributed by atoms with Gasteiger partial charge in [-0.15, -0.1) is 0 Å². The smallest absolute Gasteiger partial charge is 0.263 e. The maximum absolute atomic E-state index is 15.6. The van der Waals surface area contributed by atoms with Crippen LogP contribution < -0.4 is 11.1 Å². The van der Waals surface area contributed by atoms with E-state index in [0.29, 0.717) is 28.2 Å². The van der Waals surface area contributed by atoms with Gasteiger partial charge in [-0.05, 0) is 221 Å². The highest BCUT2D eigenvalue weighted by Crippen LogP contribution is 2.53. The lowest BCUT2D eigenvalue weighted by molar-refractivity contribution is 0.583. The summed E-state index contributed by atoms with van der Waals surface area (Å²) in [6.45, 7) is 2.43. The monoisotopic (exact) mass is 1510 g/mol. The standard InChI is InChI=1S/C110H72N6O2/c1-110(69-70-26-20-35-75(58-70)80-40-25-45-88(63-80)116-102-51-19-16-48-91(102)95-66-85(53-56-93(95)109(116)118)107-112-105(83-41-21-36-76(59-83)71-27-6-2-7-28-71)111-106(113-107)84-42-22-37-77(60-84)72-29-8-3-9-30-72)99-49-17-14-46-89(99)96-67-98-97-65-82(54-57-103(97)114(104(98)68-100(96)110)86-43-23-38-78(61-86)73-31-10-4-11-32-73)81-52-55-92-94(64-81)90-47-15-18-50-101(90)115(108(92)117)87-44-24-39-79(62-87)74-33-12-5-13-34-74/h2-68H,69H2,1H3. The number of rotatable bonds is 14. The van der Waals surface area contributed by atoms with Crippen molar-refractivity contribution in [1.29, 1.82) is 0 Å². The maximum atomic E-state index is 15.6. The van der Waals surface area contributed by atoms with Crippen molar-refractivity contribution in [1.82, 2.24) is 28.7 Å². The number of hydrogen-bond acceptors (Lipinski definition) is 5. The molecule has 0 amide bonds. The largest absolute Gasteiger partial charge is 0.309 e. The number of aromatic nitrogens is 6. The van der Waals surface area contributed by atoms with Crippen molar-refractivity contribution in [2.45, 2.75) is 18.8 Å². The van der Waals surface area contributed by atoms with E-state index in [1.54, 1.807) is 0 Å². The number of pyridine rings is 2. The van der Waals surface area contributed by atoms with Gasteiger partial charge < -0.3 is 4.57 Å². The average Bonchev–Trinajstić information content (AvgIpc) is 1.52. The lowest BCUT2D eigenvalue weighted by atomic mass is 9.75. The summed E-state index contributed by atoms with van der Waals surface area (Å²) >= 11 is 0. The zero-order chi connectivity index (χ0) is 78.5. The van der Waals surface area contributed by atoms with Crippen LogP contribution in [-0.2, 0) is 11.8 Å². The summed E-state index contributed by atoms with van der Waals surface area (Å²) in [4.78, 5) is 46.3. The molecule has 8 heteroatoms. The third-order valence-electron chi connectivity index (χ3n) is 24.1. The molecule has 554 valence electrons. The summed E-state index contributed by atoms with van der Waals surface area (Å²) in [7, 11) is 0. The molecule has 0 aliphatic heterocycles. The Morgan fingerprint density at radius 1 is 0.220 bits per heavy atom. The Hall–Kier alpha value is -15.5. The fourth-order valence-corrected chi connectivity index (χ4v) is 18.4. The van der Waals surface area contributed by atoms with Crippen LogP contribution in [0.1, 0.15) is 23.6 Å². The molecule has 0 saturated heterocycles. The molecule has 118 heavy (non-hydrogen) atoms. The molecule has 0 spiro atoms. The van der Waals surface area contributed by atoms with Gasteiger partial charge in [-0.3, -0.25) is 18.7 Å². The minimum absolute atomic E-state index is 0.0597. The Kier molecular flexibility index (Phi) is 16.6. The minimum Gasteiger partial charge on any atom is -0.309 e. The van der Waals surface area contributed by atoms with E-state index in [1.807, 2.05) is 124 Å². The first kappa shape index (κ1) is 69.2. The van der Waals surface area contributed by atoms with Crippen molar-refractivity contribution in [3.05, 3.63) is 444 Å². The van der Waals surface area contributed by atoms with Gasteiger partial charge in [0.05, 0.1) is 22.1 Å². The summed E-state index contributed by atoms with van der Waals surface area (Å²) in [6, 6.07) is 143. The summed E-state index contributed by atoms with van der Waals surface area (Å²) < 4.78 is 6.20. The highest BCUT2D eigenvalue weighted by atomic mass is 16.1. The molecule has 0 saturated carbocycles. The molecule has 0 bridgehead atoms. The van der Waals surface area contributed by atoms with Crippen LogP contribution in [0.2, 0.25) is 0 Å². The van der Waals surface area contributed by atoms with E-state index in [1.165, 1.54) is 27.8 Å². The van der Waals surface area contributed by atoms with Crippen LogP contribution in [0.5, 0.6) is 0 Å². The zero-order valence-corrected chi connectivity index (χ0v) is 64.4. The van der Waals surface area contributed by atoms with E-state index in [2.05, 4.69) is 303 Å². The van der Waals surface area contributed by atoms with E-state index in [4.69, 9.17) is 15.0 Å². The summed E-state index contributed by atoms with van der Waals surface area (Å²) in [5.74, 6) is 1.59. The number of fused-ring (bicyclic) bond motifs is 12. The zero-order valence-electron chi connectivity index (χ0n) is 64.4. The van der Waals surface area contributed by atoms with Crippen molar-refractivity contribution in [3.8, 4) is 129 Å². The first-order chi connectivity index (χ1) is 58.2. The molecule has 0 N–H and O–H groups in total. The first-order valence-corrected chi connectivity index (χ1v) is 40.1. The van der Waals surface area contributed by atoms with Crippen LogP contribution in [0, 0.1) is 0 Å². The van der Waals surface area contributed by atoms with Crippen molar-refractivity contribution >= 4 is 65.2 Å². The van der Waals surface area contributed by atoms with Crippen molar-refractivity contribution in [2.24, 2.45) is 0 Å². The van der Waals surface area contributed by atoms with E-state index >= 15 is 9.59 Å². The molecule has 1 aliphatic carbocycles. The summed E-state index contributed by atoms with van der Waals surface area (Å²) in [5.41, 5.74) is 27.4. The molecule has 1 unspecified atom stereocenters. The molecule has 17 aromatic carbocycles. The van der Waals surface area contributed by atoms with Gasteiger partial charge in [0.15, 0.2) is 17.5 Å². The van der Waals surface area contributed by atoms with Crippen molar-refractivity contribution < 1.29 is 0 Å². The van der Waals surface area contributed by atoms with E-state index in [9.17, 15) is 0 Å². The second kappa shape index (κ2) is 28.2. The lowest BCUT2D eigenvalue weighted by Crippen LogP contribution is -2.24. The number of para-hydroxylation sites is 2. The van der Waals surface area contributed by atoms with Gasteiger partial charge in [-0.2, -0.15) is 0 Å². The molecule has 1 aliphatic rings. The van der Waals surface area contributed by atoms with E-state index < -0.39 is 5.41 Å². The maximum Gasteiger partial charge on any atom is 0.263 e. The lowest BCUT2D eigenvalue weighted by Gasteiger charge is -2.28. The van der Waals surface area contributed by atoms with Gasteiger partial charge in [0, 0.05) is 71.5 Å². The quantitative estimate of drug-likeness (QED) is 0.101. The Balaban J connectivity index is 0.626. The number of hydrogen-bond donors (Lipinski definition) is 0. The molecular weight excluding hydrogens is 1440 g/mol. The molecular formula is C110H72N6O2. The second-order valence-electron chi connectivity index (χ2n) is 31.2. The number of nitrogens with zero attached hydrogens (tertiary/aromatic N) is 6. The van der Waals surface area contributed by atoms with Crippen LogP contribution in [-0.4, -0.2) is 28.7 Å². The molecule has 8 nitrogen and oxygen atoms in total. The van der Waals surface area contributed by atoms with Crippen LogP contribution >= 0.6 is 0 Å². The Morgan fingerprint density at radius 3 is 1.08 bits per heavy atom. The van der Waals surface area contributed by atoms with Crippen molar-refractivity contribution in [2.75, 3.05) is 0 Å². The topological polar surface area (TPSA) is 87.6 Å². The summed E-state index contributed by atoms with van der Waals surface area (Å²) in [5, 5.41) is 7.18. The fourth-order valence-electron chi connectivity index (χ4n) is 18.4. The Labute approximate surface area is 681 Å². The normalized spacial score (nSPS) is 13.1. The average molecular weight is 1510 g/mol. The molecule has 4 heterocycles. The summed E-state index contributed by atoms with van der Waals surface area (Å²) in [6.07, 6.45) is 0.721. The van der Waals surface area contributed by atoms with Gasteiger partial charge in [0.1, 0.15) is 0 Å². The third kappa shape index (κ3) is 11.9. The Bertz CT molecular complexity index is 7680. The predicted octanol–water partition coefficient (Wildman–Crippen LogP) is 26.4. The van der Waals surface area contributed by atoms with Gasteiger partial charge in [-0.25, -0.2) is 15.0 Å². The SMILES string of the molecule is CC1(Cc2cccc(-c3cccc(-n4c(=O)c5ccc(-c6nc(-c7cccc(-c8ccccc8)c7)nc(-c7cccc(-c8ccccc8)c7)n6)cc5c5ccccc54)c3)c2)c2ccccc2-c2cc3c4cc(-c5ccc6c(=O)n(-c7cccc(-c8ccccc8)c7)c7ccccc7c6c5)ccc4n(-c4cccc(-c5ccccc5)c4)c3cc21. The minimum atomic E-state index is -0.454. The van der Waals surface area contributed by atoms with E-state index in [0.717, 1.165) is 161 Å². The van der Waals surface area contributed by atoms with Crippen LogP contribution in [0.15, 0.2) is 416 Å². The highest BCUT2D eigenvalue weighted by molar-refractivity contribution is 6.14. The van der Waals surface area contributed by atoms with Crippen LogP contribution in [0.25, 0.3) is 194 Å². The van der Waals surface area contributed by atoms with Gasteiger partial charge >= 0.3 is 0 Å². The predicted molar refractivity (Wildman–Crippen MR) is 486 cm³/mol. The molecule has 1 atom stereocenters. The van der Waals surface area contributed by atoms with Crippen LogP contribution in [0.4, 0.5) is 0 Å². The van der Waals surface area contributed by atoms with Crippen LogP contribution in [0.3, 0.4) is 0 Å². The van der Waals surface area contributed by atoms with Gasteiger partial charge in [-0.1, -0.05) is 304 Å². The second-order valence-corrected chi connectivity index (χ2v) is 31.2. The van der Waals surface area contributed by atoms with E-state index in [-0.39, 0.29) is 11.1 Å². The number of benzene rings is 17. The molecule has 22 rings (SSSR count). The highest BCUT2D eigenvalue weighted by Gasteiger charge is 2.40. The molecule has 0 radical (unpaired) electrons. The van der Waals surface area contributed by atoms with Gasteiger partial charge in [0.2, 0.25) is 0 Å². The third-order valence-corrected chi connectivity index (χ3v) is 24.1. The molecule has 0 fully saturated rings. The fraction of sp³-hybridized carbons (Fsp3) is 0.0273. The molecule has 4 aromatic heterocycles.